The molecule has 0 amide bonds. The minimum Gasteiger partial charge on any atom is -0.294 e. The number of nitrogens with zero attached hydrogens (tertiary/aromatic N) is 4. The summed E-state index contributed by atoms with van der Waals surface area (Å²) >= 11 is 0. The maximum absolute atomic E-state index is 5.14. The predicted octanol–water partition coefficient (Wildman–Crippen LogP) is 13.8. The molecule has 0 fully saturated rings. The maximum atomic E-state index is 5.14. The van der Waals surface area contributed by atoms with Crippen LogP contribution < -0.4 is 9.80 Å². The Morgan fingerprint density at radius 1 is 0.418 bits per heavy atom. The van der Waals surface area contributed by atoms with Gasteiger partial charge in [0.05, 0.1) is 17.1 Å². The van der Waals surface area contributed by atoms with Gasteiger partial charge in [-0.3, -0.25) is 9.80 Å². The topological polar surface area (TPSA) is 32.3 Å². The average Bonchev–Trinajstić information content (AvgIpc) is 3.43. The van der Waals surface area contributed by atoms with Gasteiger partial charge in [-0.2, -0.15) is 0 Å². The highest BCUT2D eigenvalue weighted by Crippen LogP contribution is 2.56. The summed E-state index contributed by atoms with van der Waals surface area (Å²) in [7, 11) is 0. The van der Waals surface area contributed by atoms with Crippen LogP contribution in [0.25, 0.3) is 43.4 Å². The van der Waals surface area contributed by atoms with Gasteiger partial charge in [-0.1, -0.05) is 129 Å². The van der Waals surface area contributed by atoms with E-state index >= 15 is 0 Å². The summed E-state index contributed by atoms with van der Waals surface area (Å²) in [6.07, 6.45) is 0. The van der Waals surface area contributed by atoms with Crippen LogP contribution in [-0.2, 0) is 5.41 Å². The van der Waals surface area contributed by atoms with Crippen molar-refractivity contribution in [1.29, 1.82) is 0 Å². The summed E-state index contributed by atoms with van der Waals surface area (Å²) in [4.78, 5) is 14.9. The number of benzene rings is 7. The van der Waals surface area contributed by atoms with E-state index in [9.17, 15) is 0 Å². The Kier molecular flexibility index (Phi) is 7.57. The van der Waals surface area contributed by atoms with E-state index in [1.54, 1.807) is 0 Å². The molecule has 0 radical (unpaired) electrons. The van der Waals surface area contributed by atoms with Crippen LogP contribution >= 0.6 is 0 Å². The first kappa shape index (κ1) is 32.8. The molecule has 264 valence electrons. The Hall–Kier alpha value is -6.78. The summed E-state index contributed by atoms with van der Waals surface area (Å²) in [6.45, 7) is 8.88. The zero-order chi connectivity index (χ0) is 37.3. The third-order valence-corrected chi connectivity index (χ3v) is 11.4. The normalized spacial score (nSPS) is 12.9. The third-order valence-electron chi connectivity index (χ3n) is 11.4. The quantitative estimate of drug-likeness (QED) is 0.172. The van der Waals surface area contributed by atoms with Crippen molar-refractivity contribution < 1.29 is 0 Å². The van der Waals surface area contributed by atoms with E-state index in [2.05, 4.69) is 207 Å². The van der Waals surface area contributed by atoms with Gasteiger partial charge in [-0.05, 0) is 107 Å². The fourth-order valence-electron chi connectivity index (χ4n) is 8.76. The zero-order valence-electron chi connectivity index (χ0n) is 31.5. The van der Waals surface area contributed by atoms with Gasteiger partial charge in [-0.25, -0.2) is 9.97 Å². The second-order valence-corrected chi connectivity index (χ2v) is 15.2. The SMILES string of the molecule is Cc1cccc(N(c2ccc3c(c2)C(C)(C)c2cc(N(c4cccc(C)n4)c4cccc5ccccc45)c4ccccc4c2-3)c2cccc3ccccc23)n1. The highest BCUT2D eigenvalue weighted by atomic mass is 15.2. The number of hydrogen-bond acceptors (Lipinski definition) is 4. The Balaban J connectivity index is 1.21. The lowest BCUT2D eigenvalue weighted by atomic mass is 9.81. The summed E-state index contributed by atoms with van der Waals surface area (Å²) in [5.41, 5.74) is 11.2. The number of pyridine rings is 2. The summed E-state index contributed by atoms with van der Waals surface area (Å²) in [6, 6.07) is 61.3. The number of fused-ring (bicyclic) bond motifs is 7. The average molecular weight is 709 g/mol. The fraction of sp³-hybridized carbons (Fsp3) is 0.0980. The minimum atomic E-state index is -0.311. The van der Waals surface area contributed by atoms with E-state index in [0.717, 1.165) is 45.8 Å². The van der Waals surface area contributed by atoms with E-state index in [1.807, 2.05) is 0 Å². The molecule has 0 aliphatic heterocycles. The van der Waals surface area contributed by atoms with Crippen molar-refractivity contribution in [3.8, 4) is 11.1 Å². The molecule has 2 heterocycles. The van der Waals surface area contributed by atoms with Gasteiger partial charge in [0, 0.05) is 38.6 Å². The Bertz CT molecular complexity index is 2950. The molecule has 2 aromatic heterocycles. The third kappa shape index (κ3) is 5.28. The summed E-state index contributed by atoms with van der Waals surface area (Å²) in [5.74, 6) is 1.79. The summed E-state index contributed by atoms with van der Waals surface area (Å²) in [5, 5.41) is 7.19. The van der Waals surface area contributed by atoms with Crippen LogP contribution in [0, 0.1) is 13.8 Å². The van der Waals surface area contributed by atoms with Crippen LogP contribution in [-0.4, -0.2) is 9.97 Å². The van der Waals surface area contributed by atoms with Crippen molar-refractivity contribution in [3.63, 3.8) is 0 Å². The molecule has 9 aromatic rings. The van der Waals surface area contributed by atoms with E-state index < -0.39 is 0 Å². The summed E-state index contributed by atoms with van der Waals surface area (Å²) < 4.78 is 0. The first-order valence-corrected chi connectivity index (χ1v) is 19.0. The highest BCUT2D eigenvalue weighted by Gasteiger charge is 2.39. The van der Waals surface area contributed by atoms with Gasteiger partial charge >= 0.3 is 0 Å². The second-order valence-electron chi connectivity index (χ2n) is 15.2. The molecule has 0 saturated carbocycles. The van der Waals surface area contributed by atoms with Gasteiger partial charge in [0.15, 0.2) is 0 Å². The lowest BCUT2D eigenvalue weighted by Gasteiger charge is -2.30. The monoisotopic (exact) mass is 708 g/mol. The molecule has 0 unspecified atom stereocenters. The Morgan fingerprint density at radius 3 is 1.55 bits per heavy atom. The smallest absolute Gasteiger partial charge is 0.137 e. The Morgan fingerprint density at radius 2 is 0.927 bits per heavy atom. The van der Waals surface area contributed by atoms with Crippen molar-refractivity contribution in [3.05, 3.63) is 192 Å². The van der Waals surface area contributed by atoms with Crippen LogP contribution in [0.1, 0.15) is 36.4 Å². The minimum absolute atomic E-state index is 0.311. The van der Waals surface area contributed by atoms with Gasteiger partial charge in [0.1, 0.15) is 11.6 Å². The molecule has 0 bridgehead atoms. The molecule has 7 aromatic carbocycles. The van der Waals surface area contributed by atoms with Crippen LogP contribution in [0.5, 0.6) is 0 Å². The first-order valence-electron chi connectivity index (χ1n) is 19.0. The first-order chi connectivity index (χ1) is 26.9. The second kappa shape index (κ2) is 12.7. The molecule has 4 heteroatoms. The predicted molar refractivity (Wildman–Crippen MR) is 231 cm³/mol. The highest BCUT2D eigenvalue weighted by molar-refractivity contribution is 6.12. The number of aromatic nitrogens is 2. The number of aryl methyl sites for hydroxylation is 2. The fourth-order valence-corrected chi connectivity index (χ4v) is 8.76. The van der Waals surface area contributed by atoms with E-state index in [-0.39, 0.29) is 5.41 Å². The molecular formula is C51H40N4. The van der Waals surface area contributed by atoms with Crippen molar-refractivity contribution in [2.24, 2.45) is 0 Å². The van der Waals surface area contributed by atoms with Gasteiger partial charge < -0.3 is 0 Å². The van der Waals surface area contributed by atoms with Gasteiger partial charge in [-0.15, -0.1) is 0 Å². The Labute approximate surface area is 322 Å². The molecule has 1 aliphatic carbocycles. The molecule has 0 N–H and O–H groups in total. The number of hydrogen-bond donors (Lipinski definition) is 0. The van der Waals surface area contributed by atoms with Crippen molar-refractivity contribution >= 4 is 66.7 Å². The van der Waals surface area contributed by atoms with Gasteiger partial charge in [0.2, 0.25) is 0 Å². The molecule has 1 aliphatic rings. The lowest BCUT2D eigenvalue weighted by molar-refractivity contribution is 0.661. The van der Waals surface area contributed by atoms with Crippen LogP contribution in [0.2, 0.25) is 0 Å². The molecule has 0 atom stereocenters. The lowest BCUT2D eigenvalue weighted by Crippen LogP contribution is -2.18. The van der Waals surface area contributed by atoms with E-state index in [1.165, 1.54) is 54.6 Å². The largest absolute Gasteiger partial charge is 0.294 e. The standard InChI is InChI=1S/C51H40N4/c1-33-15-11-27-48(52-33)54(45-25-13-19-35-17-5-7-21-38(35)45)37-29-30-42-43(31-37)51(3,4)44-32-47(40-23-9-10-24-41(40)50(42)44)55(49-28-12-16-34(2)53-49)46-26-14-20-36-18-6-8-22-39(36)46/h5-32H,1-4H3. The van der Waals surface area contributed by atoms with Gasteiger partial charge in [0.25, 0.3) is 0 Å². The van der Waals surface area contributed by atoms with Crippen LogP contribution in [0.3, 0.4) is 0 Å². The number of rotatable bonds is 6. The van der Waals surface area contributed by atoms with Crippen molar-refractivity contribution in [2.45, 2.75) is 33.1 Å². The van der Waals surface area contributed by atoms with Crippen LogP contribution in [0.4, 0.5) is 34.4 Å². The maximum Gasteiger partial charge on any atom is 0.137 e. The molecule has 0 spiro atoms. The zero-order valence-corrected chi connectivity index (χ0v) is 31.5. The van der Waals surface area contributed by atoms with Crippen molar-refractivity contribution in [2.75, 3.05) is 9.80 Å². The molecule has 55 heavy (non-hydrogen) atoms. The van der Waals surface area contributed by atoms with E-state index in [0.29, 0.717) is 0 Å². The molecular weight excluding hydrogens is 669 g/mol. The molecule has 10 rings (SSSR count). The molecule has 0 saturated heterocycles. The van der Waals surface area contributed by atoms with Crippen molar-refractivity contribution in [1.82, 2.24) is 9.97 Å². The van der Waals surface area contributed by atoms with Crippen LogP contribution in [0.15, 0.2) is 170 Å². The number of anilines is 6. The molecule has 4 nitrogen and oxygen atoms in total. The van der Waals surface area contributed by atoms with E-state index in [4.69, 9.17) is 9.97 Å².